The Labute approximate surface area is 120 Å². The minimum absolute atomic E-state index is 0.492. The average molecular weight is 264 g/mol. The summed E-state index contributed by atoms with van der Waals surface area (Å²) in [6.07, 6.45) is 3.46. The maximum absolute atomic E-state index is 3.47. The van der Waals surface area contributed by atoms with Gasteiger partial charge in [-0.25, -0.2) is 0 Å². The summed E-state index contributed by atoms with van der Waals surface area (Å²) < 4.78 is 0. The van der Waals surface area contributed by atoms with E-state index in [1.807, 2.05) is 0 Å². The van der Waals surface area contributed by atoms with E-state index >= 15 is 0 Å². The lowest BCUT2D eigenvalue weighted by atomic mass is 9.92. The Morgan fingerprint density at radius 1 is 1.00 bits per heavy atom. The predicted molar refractivity (Wildman–Crippen MR) is 83.7 cm³/mol. The van der Waals surface area contributed by atoms with Gasteiger partial charge in [-0.15, -0.1) is 0 Å². The topological polar surface area (TPSA) is 15.3 Å². The zero-order valence-electron chi connectivity index (χ0n) is 11.9. The van der Waals surface area contributed by atoms with Gasteiger partial charge in [0.25, 0.3) is 0 Å². The van der Waals surface area contributed by atoms with Crippen molar-refractivity contribution in [3.63, 3.8) is 0 Å². The lowest BCUT2D eigenvalue weighted by Gasteiger charge is -2.37. The predicted octanol–water partition coefficient (Wildman–Crippen LogP) is 3.59. The maximum Gasteiger partial charge on any atom is 0.0491 e. The van der Waals surface area contributed by atoms with Gasteiger partial charge in [0.1, 0.15) is 0 Å². The van der Waals surface area contributed by atoms with E-state index in [0.29, 0.717) is 6.04 Å². The fourth-order valence-corrected chi connectivity index (χ4v) is 3.74. The number of nitrogens with one attached hydrogen (secondary N) is 1. The van der Waals surface area contributed by atoms with Crippen molar-refractivity contribution in [1.82, 2.24) is 5.32 Å². The van der Waals surface area contributed by atoms with Crippen molar-refractivity contribution < 1.29 is 0 Å². The molecule has 2 heterocycles. The van der Waals surface area contributed by atoms with Crippen LogP contribution in [0.25, 0.3) is 0 Å². The molecule has 2 aliphatic heterocycles. The second-order valence-corrected chi connectivity index (χ2v) is 5.77. The molecule has 2 nitrogen and oxygen atoms in total. The molecule has 2 aliphatic rings. The van der Waals surface area contributed by atoms with E-state index < -0.39 is 0 Å². The molecule has 0 aromatic heterocycles. The summed E-state index contributed by atoms with van der Waals surface area (Å²) in [7, 11) is 2.07. The van der Waals surface area contributed by atoms with Gasteiger partial charge in [0.05, 0.1) is 0 Å². The van der Waals surface area contributed by atoms with Crippen molar-refractivity contribution in [3.8, 4) is 0 Å². The van der Waals surface area contributed by atoms with E-state index in [9.17, 15) is 0 Å². The minimum atomic E-state index is 0.492. The van der Waals surface area contributed by atoms with Crippen molar-refractivity contribution in [2.45, 2.75) is 25.3 Å². The largest absolute Gasteiger partial charge is 0.341 e. The van der Waals surface area contributed by atoms with Crippen LogP contribution in [0.5, 0.6) is 0 Å². The van der Waals surface area contributed by atoms with Gasteiger partial charge in [-0.1, -0.05) is 36.4 Å². The lowest BCUT2D eigenvalue weighted by molar-refractivity contribution is 0.533. The fourth-order valence-electron chi connectivity index (χ4n) is 3.74. The van der Waals surface area contributed by atoms with Crippen molar-refractivity contribution in [2.24, 2.45) is 0 Å². The van der Waals surface area contributed by atoms with Gasteiger partial charge in [-0.3, -0.25) is 0 Å². The molecule has 102 valence electrons. The molecule has 1 N–H and O–H groups in total. The molecule has 0 amide bonds. The van der Waals surface area contributed by atoms with Gasteiger partial charge in [0.2, 0.25) is 0 Å². The molecule has 4 rings (SSSR count). The van der Waals surface area contributed by atoms with E-state index in [0.717, 1.165) is 19.4 Å². The Morgan fingerprint density at radius 2 is 1.80 bits per heavy atom. The molecule has 2 aromatic carbocycles. The van der Waals surface area contributed by atoms with Crippen LogP contribution in [0.3, 0.4) is 0 Å². The molecule has 20 heavy (non-hydrogen) atoms. The van der Waals surface area contributed by atoms with Gasteiger partial charge in [0, 0.05) is 24.0 Å². The number of rotatable bonds is 1. The molecule has 0 spiro atoms. The summed E-state index contributed by atoms with van der Waals surface area (Å²) in [6.45, 7) is 1.10. The monoisotopic (exact) mass is 264 g/mol. The Morgan fingerprint density at radius 3 is 2.70 bits per heavy atom. The summed E-state index contributed by atoms with van der Waals surface area (Å²) in [6, 6.07) is 16.2. The summed E-state index contributed by atoms with van der Waals surface area (Å²) in [5, 5.41) is 3.47. The highest BCUT2D eigenvalue weighted by atomic mass is 15.2. The van der Waals surface area contributed by atoms with E-state index in [2.05, 4.69) is 59.7 Å². The molecule has 2 heteroatoms. The van der Waals surface area contributed by atoms with Gasteiger partial charge in [-0.05, 0) is 49.1 Å². The van der Waals surface area contributed by atoms with E-state index in [-0.39, 0.29) is 0 Å². The quantitative estimate of drug-likeness (QED) is 0.847. The molecule has 0 saturated carbocycles. The van der Waals surface area contributed by atoms with Gasteiger partial charge in [-0.2, -0.15) is 0 Å². The number of fused-ring (bicyclic) bond motifs is 2. The Hall–Kier alpha value is -1.80. The molecule has 0 aliphatic carbocycles. The van der Waals surface area contributed by atoms with Gasteiger partial charge in [0.15, 0.2) is 0 Å². The summed E-state index contributed by atoms with van der Waals surface area (Å²) >= 11 is 0. The second kappa shape index (κ2) is 4.64. The maximum atomic E-state index is 3.47. The fraction of sp³-hybridized carbons (Fsp3) is 0.333. The molecule has 1 atom stereocenters. The molecule has 0 unspecified atom stereocenters. The lowest BCUT2D eigenvalue weighted by Crippen LogP contribution is -2.32. The third-order valence-electron chi connectivity index (χ3n) is 4.73. The number of anilines is 2. The number of para-hydroxylation sites is 2. The third kappa shape index (κ3) is 1.68. The molecule has 2 aromatic rings. The Balaban J connectivity index is 1.94. The average Bonchev–Trinajstić information content (AvgIpc) is 2.67. The first-order valence-electron chi connectivity index (χ1n) is 7.53. The van der Waals surface area contributed by atoms with Crippen LogP contribution >= 0.6 is 0 Å². The van der Waals surface area contributed by atoms with Crippen molar-refractivity contribution in [1.29, 1.82) is 0 Å². The Kier molecular flexibility index (Phi) is 2.78. The van der Waals surface area contributed by atoms with Crippen LogP contribution in [0.4, 0.5) is 11.4 Å². The normalized spacial score (nSPS) is 20.1. The van der Waals surface area contributed by atoms with Crippen molar-refractivity contribution in [3.05, 3.63) is 59.2 Å². The first kappa shape index (κ1) is 12.0. The third-order valence-corrected chi connectivity index (χ3v) is 4.73. The van der Waals surface area contributed by atoms with Crippen molar-refractivity contribution in [2.75, 3.05) is 18.5 Å². The number of nitrogens with zero attached hydrogens (tertiary/aromatic N) is 1. The molecule has 0 saturated heterocycles. The number of hydrogen-bond acceptors (Lipinski definition) is 2. The van der Waals surface area contributed by atoms with Crippen LogP contribution in [0.15, 0.2) is 42.5 Å². The SMILES string of the molecule is CN[C@@H]1CCN2c3ccccc3CCc3cccc1c32. The standard InChI is InChI=1S/C18H20N2/c1-19-16-11-12-20-17-8-3-2-5-13(17)9-10-14-6-4-7-15(16)18(14)20/h2-8,16,19H,9-12H2,1H3/t16-/m1/s1. The van der Waals surface area contributed by atoms with Crippen LogP contribution in [-0.2, 0) is 12.8 Å². The zero-order chi connectivity index (χ0) is 13.5. The Bertz CT molecular complexity index is 648. The zero-order valence-corrected chi connectivity index (χ0v) is 11.9. The molecular weight excluding hydrogens is 244 g/mol. The van der Waals surface area contributed by atoms with Crippen molar-refractivity contribution >= 4 is 11.4 Å². The first-order valence-corrected chi connectivity index (χ1v) is 7.53. The minimum Gasteiger partial charge on any atom is -0.341 e. The van der Waals surface area contributed by atoms with Gasteiger partial charge >= 0.3 is 0 Å². The number of benzene rings is 2. The summed E-state index contributed by atoms with van der Waals surface area (Å²) in [4.78, 5) is 2.54. The van der Waals surface area contributed by atoms with Crippen LogP contribution in [0.1, 0.15) is 29.2 Å². The molecular formula is C18H20N2. The highest BCUT2D eigenvalue weighted by Gasteiger charge is 2.29. The molecule has 0 bridgehead atoms. The van der Waals surface area contributed by atoms with Crippen LogP contribution in [0, 0.1) is 0 Å². The van der Waals surface area contributed by atoms with Crippen LogP contribution in [-0.4, -0.2) is 13.6 Å². The highest BCUT2D eigenvalue weighted by molar-refractivity contribution is 5.75. The highest BCUT2D eigenvalue weighted by Crippen LogP contribution is 2.43. The smallest absolute Gasteiger partial charge is 0.0491 e. The first-order chi connectivity index (χ1) is 9.88. The van der Waals surface area contributed by atoms with E-state index in [1.165, 1.54) is 34.5 Å². The second-order valence-electron chi connectivity index (χ2n) is 5.77. The van der Waals surface area contributed by atoms with Crippen LogP contribution < -0.4 is 10.2 Å². The summed E-state index contributed by atoms with van der Waals surface area (Å²) in [5.74, 6) is 0. The van der Waals surface area contributed by atoms with Gasteiger partial charge < -0.3 is 10.2 Å². The van der Waals surface area contributed by atoms with Crippen LogP contribution in [0.2, 0.25) is 0 Å². The summed E-state index contributed by atoms with van der Waals surface area (Å²) in [5.41, 5.74) is 7.32. The number of hydrogen-bond donors (Lipinski definition) is 1. The molecule has 0 fully saturated rings. The van der Waals surface area contributed by atoms with E-state index in [1.54, 1.807) is 0 Å². The number of aryl methyl sites for hydroxylation is 2. The molecule has 0 radical (unpaired) electrons. The van der Waals surface area contributed by atoms with E-state index in [4.69, 9.17) is 0 Å².